The molecule has 1 saturated heterocycles. The van der Waals surface area contributed by atoms with Crippen molar-refractivity contribution in [3.8, 4) is 5.69 Å². The van der Waals surface area contributed by atoms with Gasteiger partial charge in [0.1, 0.15) is 5.57 Å². The highest BCUT2D eigenvalue weighted by atomic mass is 79.9. The van der Waals surface area contributed by atoms with E-state index in [9.17, 15) is 9.59 Å². The maximum Gasteiger partial charge on any atom is 0.265 e. The van der Waals surface area contributed by atoms with Crippen LogP contribution in [-0.4, -0.2) is 33.4 Å². The first-order chi connectivity index (χ1) is 12.6. The lowest BCUT2D eigenvalue weighted by molar-refractivity contribution is -0.128. The molecular weight excluding hydrogens is 426 g/mol. The number of hydrogen-bond donors (Lipinski definition) is 1. The van der Waals surface area contributed by atoms with Gasteiger partial charge in [0.05, 0.1) is 0 Å². The minimum Gasteiger partial charge on any atom is -0.318 e. The Balaban J connectivity index is 2.11. The van der Waals surface area contributed by atoms with Gasteiger partial charge in [-0.1, -0.05) is 15.9 Å². The summed E-state index contributed by atoms with van der Waals surface area (Å²) in [4.78, 5) is 26.0. The third kappa shape index (κ3) is 3.37. The van der Waals surface area contributed by atoms with Gasteiger partial charge in [-0.25, -0.2) is 0 Å². The molecule has 1 aliphatic heterocycles. The second kappa shape index (κ2) is 7.05. The van der Waals surface area contributed by atoms with Crippen LogP contribution in [0.1, 0.15) is 28.1 Å². The molecule has 0 saturated carbocycles. The lowest BCUT2D eigenvalue weighted by atomic mass is 10.1. The Morgan fingerprint density at radius 1 is 1.07 bits per heavy atom. The van der Waals surface area contributed by atoms with E-state index in [1.165, 1.54) is 4.90 Å². The van der Waals surface area contributed by atoms with Crippen LogP contribution in [0.3, 0.4) is 0 Å². The number of rotatable bonds is 2. The fourth-order valence-electron chi connectivity index (χ4n) is 3.28. The first-order valence-electron chi connectivity index (χ1n) is 8.43. The van der Waals surface area contributed by atoms with Crippen LogP contribution in [-0.2, 0) is 9.59 Å². The summed E-state index contributed by atoms with van der Waals surface area (Å²) in [6.07, 6.45) is 1.63. The highest BCUT2D eigenvalue weighted by molar-refractivity contribution is 9.10. The maximum absolute atomic E-state index is 12.4. The lowest BCUT2D eigenvalue weighted by Crippen LogP contribution is -2.52. The van der Waals surface area contributed by atoms with Crippen molar-refractivity contribution >= 4 is 51.2 Å². The topological polar surface area (TPSA) is 54.3 Å². The van der Waals surface area contributed by atoms with Crippen LogP contribution in [0.5, 0.6) is 0 Å². The van der Waals surface area contributed by atoms with E-state index in [0.29, 0.717) is 0 Å². The van der Waals surface area contributed by atoms with Crippen LogP contribution >= 0.6 is 28.1 Å². The normalized spacial score (nSPS) is 16.3. The van der Waals surface area contributed by atoms with Crippen molar-refractivity contribution in [3.05, 3.63) is 56.3 Å². The summed E-state index contributed by atoms with van der Waals surface area (Å²) in [5.41, 5.74) is 6.22. The number of aromatic nitrogens is 1. The lowest BCUT2D eigenvalue weighted by Gasteiger charge is -2.25. The molecule has 1 N–H and O–H groups in total. The number of nitrogens with one attached hydrogen (secondary N) is 1. The van der Waals surface area contributed by atoms with Gasteiger partial charge in [-0.15, -0.1) is 0 Å². The zero-order valence-electron chi connectivity index (χ0n) is 15.8. The molecule has 0 unspecified atom stereocenters. The van der Waals surface area contributed by atoms with E-state index in [2.05, 4.69) is 51.8 Å². The first-order valence-corrected chi connectivity index (χ1v) is 9.63. The maximum atomic E-state index is 12.4. The molecule has 0 radical (unpaired) electrons. The van der Waals surface area contributed by atoms with Crippen LogP contribution in [0.25, 0.3) is 11.8 Å². The summed E-state index contributed by atoms with van der Waals surface area (Å²) in [5.74, 6) is -0.868. The summed E-state index contributed by atoms with van der Waals surface area (Å²) in [7, 11) is 1.55. The average Bonchev–Trinajstić information content (AvgIpc) is 2.88. The molecule has 0 spiro atoms. The van der Waals surface area contributed by atoms with Crippen LogP contribution in [0.15, 0.2) is 28.2 Å². The number of carbonyl (C=O) groups excluding carboxylic acids is 2. The molecule has 1 fully saturated rings. The number of thiocarbonyl (C=S) groups is 1. The molecule has 1 aromatic carbocycles. The van der Waals surface area contributed by atoms with Crippen molar-refractivity contribution in [2.24, 2.45) is 0 Å². The van der Waals surface area contributed by atoms with Crippen molar-refractivity contribution in [1.82, 2.24) is 14.8 Å². The Labute approximate surface area is 172 Å². The summed E-state index contributed by atoms with van der Waals surface area (Å²) < 4.78 is 3.22. The highest BCUT2D eigenvalue weighted by Crippen LogP contribution is 2.28. The van der Waals surface area contributed by atoms with Gasteiger partial charge in [0.2, 0.25) is 0 Å². The van der Waals surface area contributed by atoms with E-state index in [-0.39, 0.29) is 10.7 Å². The number of carbonyl (C=O) groups is 2. The van der Waals surface area contributed by atoms with E-state index >= 15 is 0 Å². The van der Waals surface area contributed by atoms with Crippen molar-refractivity contribution in [1.29, 1.82) is 0 Å². The number of halogens is 1. The van der Waals surface area contributed by atoms with Gasteiger partial charge in [0.15, 0.2) is 5.11 Å². The molecule has 3 rings (SSSR count). The van der Waals surface area contributed by atoms with Crippen LogP contribution in [0, 0.1) is 27.7 Å². The smallest absolute Gasteiger partial charge is 0.265 e. The van der Waals surface area contributed by atoms with Crippen LogP contribution in [0.2, 0.25) is 0 Å². The summed E-state index contributed by atoms with van der Waals surface area (Å²) in [5, 5.41) is 2.66. The third-order valence-corrected chi connectivity index (χ3v) is 6.38. The summed E-state index contributed by atoms with van der Waals surface area (Å²) in [6, 6.07) is 6.19. The van der Waals surface area contributed by atoms with Crippen molar-refractivity contribution < 1.29 is 9.59 Å². The van der Waals surface area contributed by atoms with Crippen molar-refractivity contribution in [3.63, 3.8) is 0 Å². The van der Waals surface area contributed by atoms with Crippen molar-refractivity contribution in [2.75, 3.05) is 7.05 Å². The summed E-state index contributed by atoms with van der Waals surface area (Å²) >= 11 is 8.59. The Morgan fingerprint density at radius 2 is 1.67 bits per heavy atom. The minimum absolute atomic E-state index is 0.0783. The molecule has 0 atom stereocenters. The van der Waals surface area contributed by atoms with Crippen LogP contribution in [0.4, 0.5) is 0 Å². The number of likely N-dealkylation sites (N-methyl/N-ethyl adjacent to an activating group) is 1. The fraction of sp³-hybridized carbons (Fsp3) is 0.250. The first kappa shape index (κ1) is 19.5. The van der Waals surface area contributed by atoms with E-state index < -0.39 is 11.8 Å². The zero-order valence-corrected chi connectivity index (χ0v) is 18.2. The highest BCUT2D eigenvalue weighted by Gasteiger charge is 2.31. The zero-order chi connectivity index (χ0) is 20.0. The average molecular weight is 446 g/mol. The third-order valence-electron chi connectivity index (χ3n) is 4.75. The molecule has 2 aromatic rings. The standard InChI is InChI=1S/C20H20BrN3O2S/c1-10-6-15(7-11(2)17(10)21)24-12(3)8-14(13(24)4)9-16-18(25)22-20(27)23(5)19(16)26/h6-9H,1-5H3,(H,22,25,27)/b16-9-. The number of aryl methyl sites for hydroxylation is 3. The number of benzene rings is 1. The van der Waals surface area contributed by atoms with Gasteiger partial charge in [-0.3, -0.25) is 19.8 Å². The molecule has 0 bridgehead atoms. The predicted octanol–water partition coefficient (Wildman–Crippen LogP) is 3.73. The van der Waals surface area contributed by atoms with E-state index in [1.54, 1.807) is 13.1 Å². The molecule has 140 valence electrons. The Kier molecular flexibility index (Phi) is 5.10. The van der Waals surface area contributed by atoms with Gasteiger partial charge in [0, 0.05) is 28.6 Å². The Hall–Kier alpha value is -2.25. The van der Waals surface area contributed by atoms with Gasteiger partial charge in [-0.2, -0.15) is 0 Å². The van der Waals surface area contributed by atoms with Crippen LogP contribution < -0.4 is 5.32 Å². The minimum atomic E-state index is -0.469. The second-order valence-corrected chi connectivity index (χ2v) is 7.92. The summed E-state index contributed by atoms with van der Waals surface area (Å²) in [6.45, 7) is 8.10. The van der Waals surface area contributed by atoms with Gasteiger partial charge in [-0.05, 0) is 80.9 Å². The quantitative estimate of drug-likeness (QED) is 0.435. The molecule has 1 aliphatic rings. The molecule has 1 aromatic heterocycles. The van der Waals surface area contributed by atoms with Gasteiger partial charge < -0.3 is 4.57 Å². The Bertz CT molecular complexity index is 1010. The number of hydrogen-bond acceptors (Lipinski definition) is 3. The Morgan fingerprint density at radius 3 is 2.26 bits per heavy atom. The second-order valence-electron chi connectivity index (χ2n) is 6.74. The van der Waals surface area contributed by atoms with Crippen molar-refractivity contribution in [2.45, 2.75) is 27.7 Å². The SMILES string of the molecule is Cc1cc(-n2c(C)cc(/C=C3/C(=O)NC(=S)N(C)C3=O)c2C)cc(C)c1Br. The van der Waals surface area contributed by atoms with E-state index in [4.69, 9.17) is 12.2 Å². The monoisotopic (exact) mass is 445 g/mol. The van der Waals surface area contributed by atoms with E-state index in [1.807, 2.05) is 19.9 Å². The fourth-order valence-corrected chi connectivity index (χ4v) is 3.69. The molecule has 5 nitrogen and oxygen atoms in total. The molecule has 27 heavy (non-hydrogen) atoms. The van der Waals surface area contributed by atoms with E-state index in [0.717, 1.165) is 38.2 Å². The number of amides is 2. The molecule has 7 heteroatoms. The molecule has 2 amide bonds. The van der Waals surface area contributed by atoms with Gasteiger partial charge in [0.25, 0.3) is 11.8 Å². The molecule has 2 heterocycles. The van der Waals surface area contributed by atoms with Gasteiger partial charge >= 0.3 is 0 Å². The molecular formula is C20H20BrN3O2S. The predicted molar refractivity (Wildman–Crippen MR) is 114 cm³/mol. The largest absolute Gasteiger partial charge is 0.318 e. The number of nitrogens with zero attached hydrogens (tertiary/aromatic N) is 2. The molecule has 0 aliphatic carbocycles.